The van der Waals surface area contributed by atoms with Crippen molar-refractivity contribution in [1.29, 1.82) is 0 Å². The first-order chi connectivity index (χ1) is 13.7. The lowest BCUT2D eigenvalue weighted by Gasteiger charge is -2.08. The summed E-state index contributed by atoms with van der Waals surface area (Å²) < 4.78 is 12.2. The highest BCUT2D eigenvalue weighted by Gasteiger charge is 2.13. The Labute approximate surface area is 164 Å². The zero-order valence-corrected chi connectivity index (χ0v) is 15.8. The molecule has 0 fully saturated rings. The van der Waals surface area contributed by atoms with Crippen LogP contribution in [0.2, 0.25) is 0 Å². The van der Waals surface area contributed by atoms with Crippen LogP contribution in [0.3, 0.4) is 0 Å². The molecule has 0 aliphatic heterocycles. The van der Waals surface area contributed by atoms with Gasteiger partial charge >= 0.3 is 0 Å². The Morgan fingerprint density at radius 1 is 1.18 bits per heavy atom. The largest absolute Gasteiger partial charge is 0.496 e. The number of thioether (sulfide) groups is 1. The van der Waals surface area contributed by atoms with Gasteiger partial charge in [-0.3, -0.25) is 4.79 Å². The van der Waals surface area contributed by atoms with E-state index in [4.69, 9.17) is 9.15 Å². The van der Waals surface area contributed by atoms with Crippen LogP contribution in [0.15, 0.2) is 64.4 Å². The van der Waals surface area contributed by atoms with Crippen molar-refractivity contribution in [2.75, 3.05) is 12.9 Å². The Hall–Kier alpha value is -3.33. The van der Waals surface area contributed by atoms with Crippen LogP contribution in [0.5, 0.6) is 5.75 Å². The minimum Gasteiger partial charge on any atom is -0.496 e. The molecular formula is C19H17N5O3S. The molecule has 9 heteroatoms. The number of methoxy groups -OCH3 is 1. The van der Waals surface area contributed by atoms with Crippen LogP contribution in [0.1, 0.15) is 5.76 Å². The lowest BCUT2D eigenvalue weighted by molar-refractivity contribution is -0.118. The van der Waals surface area contributed by atoms with Crippen molar-refractivity contribution in [1.82, 2.24) is 25.1 Å². The molecule has 4 aromatic rings. The van der Waals surface area contributed by atoms with Crippen molar-refractivity contribution < 1.29 is 13.9 Å². The van der Waals surface area contributed by atoms with Crippen LogP contribution in [0.4, 0.5) is 0 Å². The maximum atomic E-state index is 12.1. The van der Waals surface area contributed by atoms with Crippen molar-refractivity contribution in [3.05, 3.63) is 60.6 Å². The van der Waals surface area contributed by atoms with Crippen molar-refractivity contribution in [2.24, 2.45) is 0 Å². The van der Waals surface area contributed by atoms with E-state index in [9.17, 15) is 4.79 Å². The molecule has 142 valence electrons. The molecule has 0 radical (unpaired) electrons. The molecule has 0 saturated heterocycles. The van der Waals surface area contributed by atoms with Crippen molar-refractivity contribution in [3.63, 3.8) is 0 Å². The summed E-state index contributed by atoms with van der Waals surface area (Å²) in [5, 5.41) is 16.2. The number of amides is 1. The number of aromatic nitrogens is 4. The smallest absolute Gasteiger partial charge is 0.230 e. The summed E-state index contributed by atoms with van der Waals surface area (Å²) in [5.74, 6) is 1.50. The van der Waals surface area contributed by atoms with Crippen LogP contribution < -0.4 is 10.1 Å². The van der Waals surface area contributed by atoms with Gasteiger partial charge in [0.2, 0.25) is 11.1 Å². The van der Waals surface area contributed by atoms with Crippen molar-refractivity contribution in [2.45, 2.75) is 11.7 Å². The fourth-order valence-corrected chi connectivity index (χ4v) is 3.36. The summed E-state index contributed by atoms with van der Waals surface area (Å²) in [5.41, 5.74) is 2.21. The Kier molecular flexibility index (Phi) is 5.24. The molecule has 28 heavy (non-hydrogen) atoms. The van der Waals surface area contributed by atoms with Gasteiger partial charge in [0.15, 0.2) is 5.65 Å². The highest BCUT2D eigenvalue weighted by Crippen LogP contribution is 2.28. The minimum absolute atomic E-state index is 0.126. The lowest BCUT2D eigenvalue weighted by Crippen LogP contribution is -2.24. The molecule has 1 N–H and O–H groups in total. The molecule has 0 aliphatic carbocycles. The number of para-hydroxylation sites is 1. The zero-order valence-electron chi connectivity index (χ0n) is 15.0. The van der Waals surface area contributed by atoms with Gasteiger partial charge in [0.25, 0.3) is 0 Å². The van der Waals surface area contributed by atoms with Gasteiger partial charge in [0.05, 0.1) is 31.4 Å². The summed E-state index contributed by atoms with van der Waals surface area (Å²) >= 11 is 1.27. The van der Waals surface area contributed by atoms with Crippen molar-refractivity contribution in [3.8, 4) is 17.0 Å². The number of rotatable bonds is 7. The number of nitrogens with zero attached hydrogens (tertiary/aromatic N) is 4. The van der Waals surface area contributed by atoms with E-state index in [1.807, 2.05) is 42.5 Å². The number of fused-ring (bicyclic) bond motifs is 1. The summed E-state index contributed by atoms with van der Waals surface area (Å²) in [6.07, 6.45) is 1.57. The summed E-state index contributed by atoms with van der Waals surface area (Å²) in [4.78, 5) is 12.1. The first kappa shape index (κ1) is 18.1. The van der Waals surface area contributed by atoms with E-state index in [0.29, 0.717) is 23.1 Å². The third-order valence-electron chi connectivity index (χ3n) is 3.99. The Balaban J connectivity index is 1.49. The summed E-state index contributed by atoms with van der Waals surface area (Å²) in [7, 11) is 1.62. The van der Waals surface area contributed by atoms with Crippen LogP contribution >= 0.6 is 11.8 Å². The lowest BCUT2D eigenvalue weighted by atomic mass is 10.1. The Morgan fingerprint density at radius 2 is 2.07 bits per heavy atom. The number of carbonyl (C=O) groups excluding carboxylic acids is 1. The van der Waals surface area contributed by atoms with Gasteiger partial charge in [-0.25, -0.2) is 0 Å². The van der Waals surface area contributed by atoms with E-state index in [1.54, 1.807) is 24.0 Å². The van der Waals surface area contributed by atoms with Crippen molar-refractivity contribution >= 4 is 23.3 Å². The first-order valence-electron chi connectivity index (χ1n) is 8.52. The van der Waals surface area contributed by atoms with E-state index in [2.05, 4.69) is 20.6 Å². The van der Waals surface area contributed by atoms with Crippen LogP contribution in [-0.2, 0) is 11.3 Å². The second-order valence-electron chi connectivity index (χ2n) is 5.82. The van der Waals surface area contributed by atoms with Gasteiger partial charge < -0.3 is 14.5 Å². The highest BCUT2D eigenvalue weighted by atomic mass is 32.2. The third-order valence-corrected chi connectivity index (χ3v) is 4.91. The molecule has 1 aromatic carbocycles. The quantitative estimate of drug-likeness (QED) is 0.481. The SMILES string of the molecule is COc1ccccc1-c1ccc2nnc(SCC(=O)NCc3ccco3)n2n1. The van der Waals surface area contributed by atoms with Gasteiger partial charge in [0.1, 0.15) is 11.5 Å². The van der Waals surface area contributed by atoms with Crippen LogP contribution in [0, 0.1) is 0 Å². The topological polar surface area (TPSA) is 94.5 Å². The number of hydrogen-bond acceptors (Lipinski definition) is 7. The van der Waals surface area contributed by atoms with E-state index in [-0.39, 0.29) is 11.7 Å². The molecule has 0 aliphatic rings. The molecule has 0 unspecified atom stereocenters. The Morgan fingerprint density at radius 3 is 2.89 bits per heavy atom. The maximum Gasteiger partial charge on any atom is 0.230 e. The maximum absolute atomic E-state index is 12.1. The average molecular weight is 395 g/mol. The normalized spacial score (nSPS) is 10.9. The minimum atomic E-state index is -0.126. The standard InChI is InChI=1S/C19H17N5O3S/c1-26-16-7-3-2-6-14(16)15-8-9-17-21-22-19(24(17)23-15)28-12-18(25)20-11-13-5-4-10-27-13/h2-10H,11-12H2,1H3,(H,20,25). The second kappa shape index (κ2) is 8.13. The fourth-order valence-electron chi connectivity index (χ4n) is 2.64. The van der Waals surface area contributed by atoms with Gasteiger partial charge in [-0.05, 0) is 36.4 Å². The van der Waals surface area contributed by atoms with Crippen LogP contribution in [-0.4, -0.2) is 38.6 Å². The molecule has 3 heterocycles. The average Bonchev–Trinajstić information content (AvgIpc) is 3.40. The van der Waals surface area contributed by atoms with Gasteiger partial charge in [-0.2, -0.15) is 9.61 Å². The number of nitrogens with one attached hydrogen (secondary N) is 1. The summed E-state index contributed by atoms with van der Waals surface area (Å²) in [6, 6.07) is 14.9. The Bertz CT molecular complexity index is 1090. The van der Waals surface area contributed by atoms with Gasteiger partial charge in [0, 0.05) is 5.56 Å². The molecule has 0 atom stereocenters. The molecule has 0 bridgehead atoms. The molecule has 0 spiro atoms. The third kappa shape index (κ3) is 3.84. The van der Waals surface area contributed by atoms with Gasteiger partial charge in [-0.15, -0.1) is 10.2 Å². The molecule has 8 nitrogen and oxygen atoms in total. The van der Waals surface area contributed by atoms with Gasteiger partial charge in [-0.1, -0.05) is 23.9 Å². The molecule has 4 rings (SSSR count). The number of ether oxygens (including phenoxy) is 1. The fraction of sp³-hybridized carbons (Fsp3) is 0.158. The summed E-state index contributed by atoms with van der Waals surface area (Å²) in [6.45, 7) is 0.350. The van der Waals surface area contributed by atoms with E-state index in [0.717, 1.165) is 17.0 Å². The predicted molar refractivity (Wildman–Crippen MR) is 104 cm³/mol. The predicted octanol–water partition coefficient (Wildman–Crippen LogP) is 2.80. The number of carbonyl (C=O) groups is 1. The van der Waals surface area contributed by atoms with E-state index < -0.39 is 0 Å². The monoisotopic (exact) mass is 395 g/mol. The van der Waals surface area contributed by atoms with E-state index >= 15 is 0 Å². The second-order valence-corrected chi connectivity index (χ2v) is 6.76. The molecule has 0 saturated carbocycles. The molecule has 1 amide bonds. The number of hydrogen-bond donors (Lipinski definition) is 1. The van der Waals surface area contributed by atoms with E-state index in [1.165, 1.54) is 11.8 Å². The number of furan rings is 1. The van der Waals surface area contributed by atoms with Crippen LogP contribution in [0.25, 0.3) is 16.9 Å². The number of benzene rings is 1. The molecule has 3 aromatic heterocycles. The first-order valence-corrected chi connectivity index (χ1v) is 9.51. The molecular weight excluding hydrogens is 378 g/mol. The highest BCUT2D eigenvalue weighted by molar-refractivity contribution is 7.99. The zero-order chi connectivity index (χ0) is 19.3.